The number of rotatable bonds is 4. The van der Waals surface area contributed by atoms with Gasteiger partial charge in [-0.2, -0.15) is 4.31 Å². The summed E-state index contributed by atoms with van der Waals surface area (Å²) in [6.45, 7) is 3.16. The van der Waals surface area contributed by atoms with Crippen LogP contribution >= 0.6 is 11.8 Å². The predicted molar refractivity (Wildman–Crippen MR) is 95.3 cm³/mol. The van der Waals surface area contributed by atoms with Crippen LogP contribution in [0.5, 0.6) is 0 Å². The minimum Gasteiger partial charge on any atom is -0.207 e. The van der Waals surface area contributed by atoms with Crippen LogP contribution in [-0.2, 0) is 10.0 Å². The summed E-state index contributed by atoms with van der Waals surface area (Å²) in [5.74, 6) is 0. The molecule has 0 saturated carbocycles. The summed E-state index contributed by atoms with van der Waals surface area (Å²) in [6, 6.07) is 17.4. The highest BCUT2D eigenvalue weighted by Gasteiger charge is 2.29. The molecule has 0 aliphatic carbocycles. The van der Waals surface area contributed by atoms with Crippen LogP contribution < -0.4 is 0 Å². The molecule has 1 heterocycles. The second-order valence-electron chi connectivity index (χ2n) is 5.85. The molecule has 2 aromatic carbocycles. The fourth-order valence-electron chi connectivity index (χ4n) is 2.74. The third-order valence-corrected chi connectivity index (χ3v) is 7.37. The van der Waals surface area contributed by atoms with Crippen LogP contribution in [-0.4, -0.2) is 31.1 Å². The lowest BCUT2D eigenvalue weighted by molar-refractivity contribution is 0.352. The normalized spacial score (nSPS) is 17.3. The molecule has 0 N–H and O–H groups in total. The van der Waals surface area contributed by atoms with Gasteiger partial charge in [0.1, 0.15) is 0 Å². The van der Waals surface area contributed by atoms with Gasteiger partial charge in [0.15, 0.2) is 0 Å². The Balaban J connectivity index is 1.63. The van der Waals surface area contributed by atoms with E-state index in [4.69, 9.17) is 0 Å². The van der Waals surface area contributed by atoms with E-state index in [0.29, 0.717) is 23.2 Å². The Morgan fingerprint density at radius 3 is 2.17 bits per heavy atom. The topological polar surface area (TPSA) is 37.4 Å². The molecule has 0 amide bonds. The van der Waals surface area contributed by atoms with Gasteiger partial charge < -0.3 is 0 Å². The molecule has 23 heavy (non-hydrogen) atoms. The third-order valence-electron chi connectivity index (χ3n) is 4.11. The van der Waals surface area contributed by atoms with Crippen molar-refractivity contribution in [3.63, 3.8) is 0 Å². The zero-order valence-corrected chi connectivity index (χ0v) is 14.8. The molecular formula is C18H21NO2S2. The van der Waals surface area contributed by atoms with Crippen LogP contribution in [0.25, 0.3) is 0 Å². The number of nitrogens with zero attached hydrogens (tertiary/aromatic N) is 1. The molecule has 0 spiro atoms. The molecule has 5 heteroatoms. The van der Waals surface area contributed by atoms with Crippen LogP contribution in [0, 0.1) is 6.92 Å². The summed E-state index contributed by atoms with van der Waals surface area (Å²) < 4.78 is 27.0. The van der Waals surface area contributed by atoms with Gasteiger partial charge in [0.25, 0.3) is 0 Å². The van der Waals surface area contributed by atoms with Gasteiger partial charge in [0, 0.05) is 23.2 Å². The zero-order chi connectivity index (χ0) is 16.3. The van der Waals surface area contributed by atoms with E-state index in [1.54, 1.807) is 16.4 Å². The summed E-state index contributed by atoms with van der Waals surface area (Å²) in [5, 5.41) is 0.488. The van der Waals surface area contributed by atoms with Gasteiger partial charge in [0.05, 0.1) is 4.90 Å². The maximum atomic E-state index is 12.7. The van der Waals surface area contributed by atoms with E-state index in [-0.39, 0.29) is 0 Å². The van der Waals surface area contributed by atoms with Crippen molar-refractivity contribution in [1.82, 2.24) is 4.31 Å². The lowest BCUT2D eigenvalue weighted by Gasteiger charge is -2.30. The molecule has 1 saturated heterocycles. The van der Waals surface area contributed by atoms with Gasteiger partial charge in [-0.3, -0.25) is 0 Å². The van der Waals surface area contributed by atoms with Crippen LogP contribution in [0.4, 0.5) is 0 Å². The Hall–Kier alpha value is -1.30. The minimum atomic E-state index is -3.35. The number of hydrogen-bond acceptors (Lipinski definition) is 3. The van der Waals surface area contributed by atoms with E-state index in [1.807, 2.05) is 49.0 Å². The van der Waals surface area contributed by atoms with Crippen LogP contribution in [0.3, 0.4) is 0 Å². The lowest BCUT2D eigenvalue weighted by Crippen LogP contribution is -2.39. The molecule has 0 radical (unpaired) electrons. The summed E-state index contributed by atoms with van der Waals surface area (Å²) in [5.41, 5.74) is 1.07. The molecule has 3 rings (SSSR count). The van der Waals surface area contributed by atoms with E-state index in [1.165, 1.54) is 4.90 Å². The van der Waals surface area contributed by atoms with E-state index in [9.17, 15) is 8.42 Å². The van der Waals surface area contributed by atoms with E-state index >= 15 is 0 Å². The van der Waals surface area contributed by atoms with Crippen molar-refractivity contribution in [3.8, 4) is 0 Å². The second kappa shape index (κ2) is 7.07. The number of thioether (sulfide) groups is 1. The quantitative estimate of drug-likeness (QED) is 0.841. The van der Waals surface area contributed by atoms with Gasteiger partial charge >= 0.3 is 0 Å². The lowest BCUT2D eigenvalue weighted by atomic mass is 10.2. The van der Waals surface area contributed by atoms with Gasteiger partial charge in [-0.1, -0.05) is 35.9 Å². The molecule has 0 aromatic heterocycles. The fourth-order valence-corrected chi connectivity index (χ4v) is 5.36. The molecule has 1 fully saturated rings. The Morgan fingerprint density at radius 1 is 0.957 bits per heavy atom. The largest absolute Gasteiger partial charge is 0.243 e. The molecule has 122 valence electrons. The number of aryl methyl sites for hydroxylation is 1. The predicted octanol–water partition coefficient (Wildman–Crippen LogP) is 3.94. The molecule has 3 nitrogen and oxygen atoms in total. The van der Waals surface area contributed by atoms with E-state index in [2.05, 4.69) is 12.1 Å². The number of benzene rings is 2. The van der Waals surface area contributed by atoms with Gasteiger partial charge in [0.2, 0.25) is 10.0 Å². The minimum absolute atomic E-state index is 0.400. The SMILES string of the molecule is Cc1ccc(S(=O)(=O)N2CCC(Sc3ccccc3)CC2)cc1. The molecule has 1 aliphatic rings. The molecule has 0 unspecified atom stereocenters. The van der Waals surface area contributed by atoms with Crippen LogP contribution in [0.1, 0.15) is 18.4 Å². The van der Waals surface area contributed by atoms with Gasteiger partial charge in [-0.05, 0) is 44.0 Å². The highest BCUT2D eigenvalue weighted by atomic mass is 32.2. The summed E-state index contributed by atoms with van der Waals surface area (Å²) in [7, 11) is -3.35. The smallest absolute Gasteiger partial charge is 0.207 e. The van der Waals surface area contributed by atoms with Crippen molar-refractivity contribution < 1.29 is 8.42 Å². The maximum absolute atomic E-state index is 12.7. The Labute approximate surface area is 142 Å². The molecule has 0 bridgehead atoms. The Kier molecular flexibility index (Phi) is 5.09. The zero-order valence-electron chi connectivity index (χ0n) is 13.2. The molecule has 2 aromatic rings. The van der Waals surface area contributed by atoms with Crippen LogP contribution in [0.15, 0.2) is 64.4 Å². The molecule has 1 aliphatic heterocycles. The standard InChI is InChI=1S/C18H21NO2S2/c1-15-7-9-18(10-8-15)23(20,21)19-13-11-17(12-14-19)22-16-5-3-2-4-6-16/h2-10,17H,11-14H2,1H3. The van der Waals surface area contributed by atoms with E-state index in [0.717, 1.165) is 18.4 Å². The van der Waals surface area contributed by atoms with Gasteiger partial charge in [-0.15, -0.1) is 11.8 Å². The average Bonchev–Trinajstić information content (AvgIpc) is 2.57. The Morgan fingerprint density at radius 2 is 1.57 bits per heavy atom. The number of piperidine rings is 1. The average molecular weight is 348 g/mol. The summed E-state index contributed by atoms with van der Waals surface area (Å²) in [6.07, 6.45) is 1.79. The van der Waals surface area contributed by atoms with Crippen molar-refractivity contribution in [3.05, 3.63) is 60.2 Å². The maximum Gasteiger partial charge on any atom is 0.243 e. The first-order valence-corrected chi connectivity index (χ1v) is 10.2. The van der Waals surface area contributed by atoms with Crippen molar-refractivity contribution in [2.45, 2.75) is 34.8 Å². The summed E-state index contributed by atoms with van der Waals surface area (Å²) >= 11 is 1.85. The van der Waals surface area contributed by atoms with Crippen molar-refractivity contribution in [1.29, 1.82) is 0 Å². The number of sulfonamides is 1. The first-order valence-electron chi connectivity index (χ1n) is 7.84. The first kappa shape index (κ1) is 16.6. The third kappa shape index (κ3) is 3.97. The van der Waals surface area contributed by atoms with Gasteiger partial charge in [-0.25, -0.2) is 8.42 Å². The van der Waals surface area contributed by atoms with Crippen molar-refractivity contribution in [2.24, 2.45) is 0 Å². The highest BCUT2D eigenvalue weighted by Crippen LogP contribution is 2.31. The fraction of sp³-hybridized carbons (Fsp3) is 0.333. The first-order chi connectivity index (χ1) is 11.1. The second-order valence-corrected chi connectivity index (χ2v) is 9.16. The monoisotopic (exact) mass is 347 g/mol. The molecular weight excluding hydrogens is 326 g/mol. The Bertz CT molecular complexity index is 734. The summed E-state index contributed by atoms with van der Waals surface area (Å²) in [4.78, 5) is 1.66. The molecule has 0 atom stereocenters. The number of hydrogen-bond donors (Lipinski definition) is 0. The van der Waals surface area contributed by atoms with Crippen LogP contribution in [0.2, 0.25) is 0 Å². The van der Waals surface area contributed by atoms with E-state index < -0.39 is 10.0 Å². The highest BCUT2D eigenvalue weighted by molar-refractivity contribution is 8.00. The van der Waals surface area contributed by atoms with Crippen molar-refractivity contribution >= 4 is 21.8 Å². The van der Waals surface area contributed by atoms with Crippen molar-refractivity contribution in [2.75, 3.05) is 13.1 Å².